The van der Waals surface area contributed by atoms with Crippen LogP contribution in [-0.4, -0.2) is 51.0 Å². The van der Waals surface area contributed by atoms with E-state index in [9.17, 15) is 0 Å². The predicted octanol–water partition coefficient (Wildman–Crippen LogP) is 2.31. The average Bonchev–Trinajstić information content (AvgIpc) is 3.00. The van der Waals surface area contributed by atoms with Gasteiger partial charge in [0.25, 0.3) is 0 Å². The van der Waals surface area contributed by atoms with Gasteiger partial charge in [-0.1, -0.05) is 18.2 Å². The van der Waals surface area contributed by atoms with Crippen LogP contribution in [-0.2, 0) is 0 Å². The predicted molar refractivity (Wildman–Crippen MR) is 102 cm³/mol. The lowest BCUT2D eigenvalue weighted by atomic mass is 10.1. The zero-order chi connectivity index (χ0) is 17.7. The van der Waals surface area contributed by atoms with Crippen molar-refractivity contribution in [1.29, 1.82) is 0 Å². The molecule has 0 amide bonds. The van der Waals surface area contributed by atoms with E-state index in [2.05, 4.69) is 61.4 Å². The summed E-state index contributed by atoms with van der Waals surface area (Å²) in [5, 5.41) is 14.0. The number of benzene rings is 1. The third kappa shape index (κ3) is 2.28. The molecule has 1 aromatic carbocycles. The first-order chi connectivity index (χ1) is 12.7. The normalized spacial score (nSPS) is 14.8. The number of aryl methyl sites for hydroxylation is 1. The standard InChI is InChI=1S/C19H19N7/c1-13-21-22-18-7-8-19(23-26(13)18)25-11-14(12-25)24(2)17-9-10-20-16-6-4-3-5-15(16)17/h3-10,14H,11-12H2,1-2H3. The SMILES string of the molecule is Cc1nnc2ccc(N3CC(N(C)c4ccnc5ccccc45)C3)nn12. The van der Waals surface area contributed by atoms with Gasteiger partial charge in [-0.05, 0) is 31.2 Å². The Hall–Kier alpha value is -3.22. The maximum atomic E-state index is 4.66. The zero-order valence-corrected chi connectivity index (χ0v) is 14.7. The van der Waals surface area contributed by atoms with Crippen molar-refractivity contribution in [3.8, 4) is 0 Å². The molecule has 0 radical (unpaired) electrons. The topological polar surface area (TPSA) is 62.5 Å². The molecule has 26 heavy (non-hydrogen) atoms. The molecule has 0 N–H and O–H groups in total. The molecule has 7 heteroatoms. The Balaban J connectivity index is 1.37. The van der Waals surface area contributed by atoms with Crippen molar-refractivity contribution in [2.45, 2.75) is 13.0 Å². The van der Waals surface area contributed by atoms with Crippen LogP contribution in [0.5, 0.6) is 0 Å². The monoisotopic (exact) mass is 345 g/mol. The molecule has 0 aliphatic carbocycles. The van der Waals surface area contributed by atoms with E-state index < -0.39 is 0 Å². The van der Waals surface area contributed by atoms with Crippen LogP contribution < -0.4 is 9.80 Å². The van der Waals surface area contributed by atoms with Crippen LogP contribution in [0.3, 0.4) is 0 Å². The van der Waals surface area contributed by atoms with Crippen molar-refractivity contribution >= 4 is 28.1 Å². The molecule has 0 unspecified atom stereocenters. The van der Waals surface area contributed by atoms with Crippen molar-refractivity contribution in [2.75, 3.05) is 29.9 Å². The van der Waals surface area contributed by atoms with Crippen molar-refractivity contribution in [3.05, 3.63) is 54.5 Å². The Morgan fingerprint density at radius 1 is 1.04 bits per heavy atom. The summed E-state index contributed by atoms with van der Waals surface area (Å²) in [5.74, 6) is 1.77. The van der Waals surface area contributed by atoms with Gasteiger partial charge in [0.1, 0.15) is 5.82 Å². The lowest BCUT2D eigenvalue weighted by Crippen LogP contribution is -2.59. The number of nitrogens with zero attached hydrogens (tertiary/aromatic N) is 7. The molecule has 0 saturated carbocycles. The fourth-order valence-electron chi connectivity index (χ4n) is 3.53. The third-order valence-electron chi connectivity index (χ3n) is 5.14. The molecule has 1 aliphatic rings. The second-order valence-corrected chi connectivity index (χ2v) is 6.73. The van der Waals surface area contributed by atoms with E-state index >= 15 is 0 Å². The van der Waals surface area contributed by atoms with Crippen LogP contribution >= 0.6 is 0 Å². The summed E-state index contributed by atoms with van der Waals surface area (Å²) in [6, 6.07) is 14.8. The summed E-state index contributed by atoms with van der Waals surface area (Å²) >= 11 is 0. The fourth-order valence-corrected chi connectivity index (χ4v) is 3.53. The first kappa shape index (κ1) is 15.1. The largest absolute Gasteiger partial charge is 0.367 e. The minimum atomic E-state index is 0.445. The summed E-state index contributed by atoms with van der Waals surface area (Å²) < 4.78 is 1.79. The minimum Gasteiger partial charge on any atom is -0.367 e. The molecule has 3 aromatic heterocycles. The highest BCUT2D eigenvalue weighted by atomic mass is 15.4. The molecule has 4 heterocycles. The van der Waals surface area contributed by atoms with Gasteiger partial charge in [-0.2, -0.15) is 4.52 Å². The Bertz CT molecular complexity index is 1090. The Morgan fingerprint density at radius 2 is 1.88 bits per heavy atom. The second kappa shape index (κ2) is 5.66. The van der Waals surface area contributed by atoms with Gasteiger partial charge in [0.2, 0.25) is 0 Å². The maximum absolute atomic E-state index is 4.66. The van der Waals surface area contributed by atoms with E-state index in [1.807, 2.05) is 31.3 Å². The van der Waals surface area contributed by atoms with Gasteiger partial charge in [-0.15, -0.1) is 15.3 Å². The highest BCUT2D eigenvalue weighted by Gasteiger charge is 2.32. The number of pyridine rings is 1. The number of likely N-dealkylation sites (N-methyl/N-ethyl adjacent to an activating group) is 1. The van der Waals surface area contributed by atoms with Crippen LogP contribution in [0, 0.1) is 6.92 Å². The van der Waals surface area contributed by atoms with Crippen molar-refractivity contribution in [1.82, 2.24) is 24.8 Å². The summed E-state index contributed by atoms with van der Waals surface area (Å²) in [4.78, 5) is 9.09. The number of anilines is 2. The van der Waals surface area contributed by atoms with E-state index in [-0.39, 0.29) is 0 Å². The summed E-state index contributed by atoms with van der Waals surface area (Å²) in [5.41, 5.74) is 3.03. The lowest BCUT2D eigenvalue weighted by Gasteiger charge is -2.45. The van der Waals surface area contributed by atoms with Crippen LogP contribution in [0.2, 0.25) is 0 Å². The molecule has 7 nitrogen and oxygen atoms in total. The summed E-state index contributed by atoms with van der Waals surface area (Å²) in [7, 11) is 2.16. The lowest BCUT2D eigenvalue weighted by molar-refractivity contribution is 0.490. The molecule has 4 aromatic rings. The first-order valence-corrected chi connectivity index (χ1v) is 8.71. The van der Waals surface area contributed by atoms with Gasteiger partial charge >= 0.3 is 0 Å². The maximum Gasteiger partial charge on any atom is 0.178 e. The zero-order valence-electron chi connectivity index (χ0n) is 14.7. The van der Waals surface area contributed by atoms with Gasteiger partial charge in [-0.3, -0.25) is 4.98 Å². The van der Waals surface area contributed by atoms with E-state index in [4.69, 9.17) is 0 Å². The first-order valence-electron chi connectivity index (χ1n) is 8.71. The molecule has 0 atom stereocenters. The number of hydrogen-bond donors (Lipinski definition) is 0. The molecule has 1 fully saturated rings. The molecule has 1 aliphatic heterocycles. The molecule has 1 saturated heterocycles. The summed E-state index contributed by atoms with van der Waals surface area (Å²) in [6.45, 7) is 3.79. The number of fused-ring (bicyclic) bond motifs is 2. The third-order valence-corrected chi connectivity index (χ3v) is 5.14. The van der Waals surface area contributed by atoms with Crippen molar-refractivity contribution in [3.63, 3.8) is 0 Å². The highest BCUT2D eigenvalue weighted by Crippen LogP contribution is 2.29. The average molecular weight is 345 g/mol. The number of aromatic nitrogens is 5. The minimum absolute atomic E-state index is 0.445. The van der Waals surface area contributed by atoms with Gasteiger partial charge < -0.3 is 9.80 Å². The van der Waals surface area contributed by atoms with Crippen molar-refractivity contribution in [2.24, 2.45) is 0 Å². The van der Waals surface area contributed by atoms with E-state index in [1.54, 1.807) is 4.52 Å². The number of para-hydroxylation sites is 1. The fraction of sp³-hybridized carbons (Fsp3) is 0.263. The molecule has 130 valence electrons. The Kier molecular flexibility index (Phi) is 3.28. The van der Waals surface area contributed by atoms with Gasteiger partial charge in [0.15, 0.2) is 11.5 Å². The van der Waals surface area contributed by atoms with E-state index in [0.29, 0.717) is 6.04 Å². The molecule has 0 spiro atoms. The molecule has 5 rings (SSSR count). The number of rotatable bonds is 3. The molecular weight excluding hydrogens is 326 g/mol. The van der Waals surface area contributed by atoms with Crippen LogP contribution in [0.15, 0.2) is 48.7 Å². The van der Waals surface area contributed by atoms with Crippen LogP contribution in [0.1, 0.15) is 5.82 Å². The molecule has 0 bridgehead atoms. The van der Waals surface area contributed by atoms with Gasteiger partial charge in [-0.25, -0.2) is 0 Å². The quantitative estimate of drug-likeness (QED) is 0.568. The molecular formula is C19H19N7. The summed E-state index contributed by atoms with van der Waals surface area (Å²) in [6.07, 6.45) is 1.88. The van der Waals surface area contributed by atoms with Crippen LogP contribution in [0.25, 0.3) is 16.6 Å². The van der Waals surface area contributed by atoms with Gasteiger partial charge in [0, 0.05) is 37.4 Å². The Morgan fingerprint density at radius 3 is 2.77 bits per heavy atom. The van der Waals surface area contributed by atoms with E-state index in [0.717, 1.165) is 35.9 Å². The van der Waals surface area contributed by atoms with Gasteiger partial charge in [0.05, 0.1) is 11.6 Å². The number of hydrogen-bond acceptors (Lipinski definition) is 6. The smallest absolute Gasteiger partial charge is 0.178 e. The van der Waals surface area contributed by atoms with Crippen LogP contribution in [0.4, 0.5) is 11.5 Å². The van der Waals surface area contributed by atoms with Crippen molar-refractivity contribution < 1.29 is 0 Å². The second-order valence-electron chi connectivity index (χ2n) is 6.73. The Labute approximate surface area is 150 Å². The van der Waals surface area contributed by atoms with E-state index in [1.165, 1.54) is 11.1 Å². The highest BCUT2D eigenvalue weighted by molar-refractivity contribution is 5.91.